The Balaban J connectivity index is 1.88. The van der Waals surface area contributed by atoms with E-state index in [2.05, 4.69) is 5.32 Å². The summed E-state index contributed by atoms with van der Waals surface area (Å²) >= 11 is 0. The van der Waals surface area contributed by atoms with Crippen LogP contribution in [0.15, 0.2) is 42.5 Å². The van der Waals surface area contributed by atoms with Gasteiger partial charge < -0.3 is 10.2 Å². The van der Waals surface area contributed by atoms with Gasteiger partial charge in [-0.25, -0.2) is 4.39 Å². The molecular weight excluding hydrogens is 319 g/mol. The van der Waals surface area contributed by atoms with Gasteiger partial charge in [0, 0.05) is 17.2 Å². The molecule has 1 aliphatic heterocycles. The highest BCUT2D eigenvalue weighted by Gasteiger charge is 2.40. The molecule has 4 rings (SSSR count). The fraction of sp³-hybridized carbons (Fsp3) is 0.300. The number of amides is 2. The molecule has 25 heavy (non-hydrogen) atoms. The molecule has 0 bridgehead atoms. The lowest BCUT2D eigenvalue weighted by Gasteiger charge is -2.31. The van der Waals surface area contributed by atoms with Gasteiger partial charge in [-0.2, -0.15) is 0 Å². The zero-order chi connectivity index (χ0) is 17.6. The van der Waals surface area contributed by atoms with Gasteiger partial charge in [-0.1, -0.05) is 29.8 Å². The fourth-order valence-electron chi connectivity index (χ4n) is 3.40. The lowest BCUT2D eigenvalue weighted by atomic mass is 9.94. The second-order valence-electron chi connectivity index (χ2n) is 6.83. The van der Waals surface area contributed by atoms with Crippen molar-refractivity contribution in [2.75, 3.05) is 11.9 Å². The molecule has 1 fully saturated rings. The van der Waals surface area contributed by atoms with Gasteiger partial charge in [0.2, 0.25) is 11.8 Å². The van der Waals surface area contributed by atoms with Crippen molar-refractivity contribution >= 4 is 17.5 Å². The van der Waals surface area contributed by atoms with Gasteiger partial charge in [0.1, 0.15) is 12.4 Å². The molecule has 1 saturated carbocycles. The Morgan fingerprint density at radius 3 is 2.56 bits per heavy atom. The Labute approximate surface area is 145 Å². The van der Waals surface area contributed by atoms with Gasteiger partial charge in [0.15, 0.2) is 0 Å². The number of halogens is 1. The summed E-state index contributed by atoms with van der Waals surface area (Å²) in [5.41, 5.74) is 3.42. The molecule has 2 amide bonds. The van der Waals surface area contributed by atoms with Crippen LogP contribution in [0.2, 0.25) is 0 Å². The number of aryl methyl sites for hydroxylation is 1. The number of anilines is 1. The van der Waals surface area contributed by atoms with Gasteiger partial charge in [-0.05, 0) is 43.5 Å². The van der Waals surface area contributed by atoms with Gasteiger partial charge in [0.25, 0.3) is 0 Å². The first-order chi connectivity index (χ1) is 12.0. The molecule has 0 saturated heterocycles. The predicted octanol–water partition coefficient (Wildman–Crippen LogP) is 3.41. The van der Waals surface area contributed by atoms with Crippen molar-refractivity contribution in [2.45, 2.75) is 25.8 Å². The maximum atomic E-state index is 13.4. The number of rotatable bonds is 2. The average molecular weight is 338 g/mol. The van der Waals surface area contributed by atoms with Crippen LogP contribution in [0.4, 0.5) is 10.1 Å². The minimum absolute atomic E-state index is 0.00108. The van der Waals surface area contributed by atoms with Crippen LogP contribution in [0.3, 0.4) is 0 Å². The highest BCUT2D eigenvalue weighted by atomic mass is 19.1. The monoisotopic (exact) mass is 338 g/mol. The van der Waals surface area contributed by atoms with Gasteiger partial charge in [0.05, 0.1) is 6.04 Å². The fourth-order valence-corrected chi connectivity index (χ4v) is 3.40. The topological polar surface area (TPSA) is 49.4 Å². The summed E-state index contributed by atoms with van der Waals surface area (Å²) in [5, 5.41) is 2.90. The zero-order valence-electron chi connectivity index (χ0n) is 14.0. The van der Waals surface area contributed by atoms with E-state index in [1.807, 2.05) is 25.1 Å². The van der Waals surface area contributed by atoms with E-state index in [0.717, 1.165) is 29.5 Å². The van der Waals surface area contributed by atoms with E-state index in [0.29, 0.717) is 5.69 Å². The zero-order valence-corrected chi connectivity index (χ0v) is 14.0. The van der Waals surface area contributed by atoms with Gasteiger partial charge in [-0.3, -0.25) is 9.59 Å². The Morgan fingerprint density at radius 1 is 1.16 bits per heavy atom. The van der Waals surface area contributed by atoms with Crippen LogP contribution in [-0.4, -0.2) is 23.3 Å². The van der Waals surface area contributed by atoms with Crippen molar-refractivity contribution in [1.29, 1.82) is 0 Å². The molecule has 1 atom stereocenters. The molecule has 1 heterocycles. The number of nitrogens with zero attached hydrogens (tertiary/aromatic N) is 1. The number of fused-ring (bicyclic) bond motifs is 1. The molecule has 0 unspecified atom stereocenters. The van der Waals surface area contributed by atoms with E-state index in [4.69, 9.17) is 0 Å². The lowest BCUT2D eigenvalue weighted by Crippen LogP contribution is -2.39. The number of carbonyl (C=O) groups excluding carboxylic acids is 2. The second kappa shape index (κ2) is 5.99. The first kappa shape index (κ1) is 15.8. The summed E-state index contributed by atoms with van der Waals surface area (Å²) in [5.74, 6) is -0.527. The van der Waals surface area contributed by atoms with Gasteiger partial charge in [-0.15, -0.1) is 0 Å². The largest absolute Gasteiger partial charge is 0.324 e. The normalized spacial score (nSPS) is 19.8. The third-order valence-corrected chi connectivity index (χ3v) is 4.80. The first-order valence-electron chi connectivity index (χ1n) is 8.49. The number of hydrogen-bond donors (Lipinski definition) is 1. The highest BCUT2D eigenvalue weighted by Crippen LogP contribution is 2.40. The summed E-state index contributed by atoms with van der Waals surface area (Å²) in [6.07, 6.45) is 1.74. The van der Waals surface area contributed by atoms with E-state index in [-0.39, 0.29) is 30.1 Å². The third-order valence-electron chi connectivity index (χ3n) is 4.80. The Bertz CT molecular complexity index is 843. The van der Waals surface area contributed by atoms with Crippen LogP contribution in [-0.2, 0) is 9.59 Å². The molecule has 4 nitrogen and oxygen atoms in total. The summed E-state index contributed by atoms with van der Waals surface area (Å²) in [7, 11) is 0. The van der Waals surface area contributed by atoms with Crippen molar-refractivity contribution < 1.29 is 14.0 Å². The smallest absolute Gasteiger partial charge is 0.244 e. The third kappa shape index (κ3) is 3.02. The number of nitrogens with one attached hydrogen (secondary N) is 1. The summed E-state index contributed by atoms with van der Waals surface area (Å²) in [6.45, 7) is 1.98. The predicted molar refractivity (Wildman–Crippen MR) is 92.5 cm³/mol. The van der Waals surface area contributed by atoms with Crippen LogP contribution in [0.1, 0.15) is 35.6 Å². The lowest BCUT2D eigenvalue weighted by molar-refractivity contribution is -0.137. The molecule has 2 aromatic carbocycles. The minimum atomic E-state index is -0.400. The Morgan fingerprint density at radius 2 is 1.88 bits per heavy atom. The van der Waals surface area contributed by atoms with Crippen molar-refractivity contribution in [1.82, 2.24) is 4.90 Å². The molecule has 0 aromatic heterocycles. The summed E-state index contributed by atoms with van der Waals surface area (Å²) in [4.78, 5) is 26.9. The molecule has 5 heteroatoms. The standard InChI is InChI=1S/C20H19FN2O2/c1-12-2-9-17-16(10-12)19(13-5-7-15(21)8-6-13)23(11-18(24)22-17)20(25)14-3-4-14/h2,5-10,14,19H,3-4,11H2,1H3,(H,22,24)/t19-/m0/s1. The average Bonchev–Trinajstić information content (AvgIpc) is 3.42. The SMILES string of the molecule is Cc1ccc2c(c1)[C@H](c1ccc(F)cc1)N(C(=O)C1CC1)CC(=O)N2. The molecule has 2 aromatic rings. The van der Waals surface area contributed by atoms with Crippen LogP contribution in [0.25, 0.3) is 0 Å². The number of carbonyl (C=O) groups is 2. The Hall–Kier alpha value is -2.69. The second-order valence-corrected chi connectivity index (χ2v) is 6.83. The van der Waals surface area contributed by atoms with Gasteiger partial charge >= 0.3 is 0 Å². The molecule has 0 radical (unpaired) electrons. The summed E-state index contributed by atoms with van der Waals surface area (Å²) < 4.78 is 13.4. The quantitative estimate of drug-likeness (QED) is 0.912. The maximum absolute atomic E-state index is 13.4. The summed E-state index contributed by atoms with van der Waals surface area (Å²) in [6, 6.07) is 11.5. The van der Waals surface area contributed by atoms with Crippen molar-refractivity contribution in [3.8, 4) is 0 Å². The van der Waals surface area contributed by atoms with E-state index in [9.17, 15) is 14.0 Å². The van der Waals surface area contributed by atoms with Crippen LogP contribution in [0.5, 0.6) is 0 Å². The molecule has 128 valence electrons. The highest BCUT2D eigenvalue weighted by molar-refractivity contribution is 5.97. The van der Waals surface area contributed by atoms with Crippen LogP contribution >= 0.6 is 0 Å². The number of benzene rings is 2. The van der Waals surface area contributed by atoms with Crippen molar-refractivity contribution in [2.24, 2.45) is 5.92 Å². The molecule has 2 aliphatic rings. The van der Waals surface area contributed by atoms with E-state index < -0.39 is 6.04 Å². The first-order valence-corrected chi connectivity index (χ1v) is 8.49. The minimum Gasteiger partial charge on any atom is -0.324 e. The van der Waals surface area contributed by atoms with Crippen LogP contribution in [0, 0.1) is 18.7 Å². The molecule has 0 spiro atoms. The van der Waals surface area contributed by atoms with Crippen molar-refractivity contribution in [3.05, 3.63) is 65.0 Å². The van der Waals surface area contributed by atoms with Crippen LogP contribution < -0.4 is 5.32 Å². The van der Waals surface area contributed by atoms with E-state index in [1.165, 1.54) is 12.1 Å². The molecular formula is C20H19FN2O2. The Kier molecular flexibility index (Phi) is 3.79. The maximum Gasteiger partial charge on any atom is 0.244 e. The molecule has 1 aliphatic carbocycles. The van der Waals surface area contributed by atoms with E-state index in [1.54, 1.807) is 17.0 Å². The molecule has 1 N–H and O–H groups in total. The van der Waals surface area contributed by atoms with Crippen molar-refractivity contribution in [3.63, 3.8) is 0 Å². The van der Waals surface area contributed by atoms with E-state index >= 15 is 0 Å². The number of hydrogen-bond acceptors (Lipinski definition) is 2.